The molecule has 0 unspecified atom stereocenters. The molecule has 0 saturated heterocycles. The maximum atomic E-state index is 11.5. The highest BCUT2D eigenvalue weighted by molar-refractivity contribution is 5.69. The van der Waals surface area contributed by atoms with E-state index in [4.69, 9.17) is 4.74 Å². The van der Waals surface area contributed by atoms with Crippen LogP contribution < -0.4 is 0 Å². The van der Waals surface area contributed by atoms with Crippen molar-refractivity contribution in [3.8, 4) is 0 Å². The minimum Gasteiger partial charge on any atom is -0.463 e. The van der Waals surface area contributed by atoms with Gasteiger partial charge in [0.05, 0.1) is 18.3 Å². The molecule has 0 radical (unpaired) electrons. The molecule has 0 spiro atoms. The van der Waals surface area contributed by atoms with Gasteiger partial charge in [0.1, 0.15) is 0 Å². The number of hydrogen-bond acceptors (Lipinski definition) is 4. The van der Waals surface area contributed by atoms with Gasteiger partial charge in [-0.25, -0.2) is 0 Å². The Balaban J connectivity index is 1.64. The van der Waals surface area contributed by atoms with Crippen molar-refractivity contribution in [2.24, 2.45) is 11.8 Å². The number of aliphatic hydroxyl groups is 2. The number of allylic oxidation sites excluding steroid dienone is 2. The van der Waals surface area contributed by atoms with Crippen LogP contribution in [0.2, 0.25) is 0 Å². The zero-order chi connectivity index (χ0) is 21.8. The summed E-state index contributed by atoms with van der Waals surface area (Å²) in [5, 5.41) is 20.8. The second-order valence-electron chi connectivity index (χ2n) is 8.96. The largest absolute Gasteiger partial charge is 0.463 e. The number of benzene rings is 1. The summed E-state index contributed by atoms with van der Waals surface area (Å²) in [4.78, 5) is 11.5. The summed E-state index contributed by atoms with van der Waals surface area (Å²) in [6.07, 6.45) is 12.1. The normalized spacial score (nSPS) is 22.6. The second kappa shape index (κ2) is 13.6. The first-order valence-electron chi connectivity index (χ1n) is 11.7. The molecule has 4 heteroatoms. The number of carbonyl (C=O) groups is 1. The zero-order valence-corrected chi connectivity index (χ0v) is 18.7. The predicted molar refractivity (Wildman–Crippen MR) is 121 cm³/mol. The van der Waals surface area contributed by atoms with Gasteiger partial charge in [0.2, 0.25) is 0 Å². The number of hydrogen-bond donors (Lipinski definition) is 2. The Bertz CT molecular complexity index is 625. The van der Waals surface area contributed by atoms with E-state index in [0.717, 1.165) is 57.8 Å². The van der Waals surface area contributed by atoms with Gasteiger partial charge < -0.3 is 14.9 Å². The average molecular weight is 417 g/mol. The maximum Gasteiger partial charge on any atom is 0.306 e. The average Bonchev–Trinajstić information content (AvgIpc) is 3.07. The molecule has 2 N–H and O–H groups in total. The Kier molecular flexibility index (Phi) is 11.2. The lowest BCUT2D eigenvalue weighted by molar-refractivity contribution is -0.147. The number of carbonyl (C=O) groups excluding carboxylic acids is 1. The summed E-state index contributed by atoms with van der Waals surface area (Å²) >= 11 is 0. The highest BCUT2D eigenvalue weighted by atomic mass is 16.5. The van der Waals surface area contributed by atoms with Crippen LogP contribution in [0.25, 0.3) is 0 Å². The number of rotatable bonds is 13. The maximum absolute atomic E-state index is 11.5. The molecule has 168 valence electrons. The third-order valence-electron chi connectivity index (χ3n) is 6.10. The van der Waals surface area contributed by atoms with Crippen molar-refractivity contribution >= 4 is 5.97 Å². The lowest BCUT2D eigenvalue weighted by Crippen LogP contribution is -2.21. The summed E-state index contributed by atoms with van der Waals surface area (Å²) in [5.41, 5.74) is 1.26. The Morgan fingerprint density at radius 2 is 1.93 bits per heavy atom. The predicted octanol–water partition coefficient (Wildman–Crippen LogP) is 5.22. The van der Waals surface area contributed by atoms with Crippen LogP contribution >= 0.6 is 0 Å². The molecule has 1 fully saturated rings. The van der Waals surface area contributed by atoms with Crippen molar-refractivity contribution in [1.29, 1.82) is 0 Å². The molecule has 0 aliphatic heterocycles. The Morgan fingerprint density at radius 1 is 1.17 bits per heavy atom. The molecule has 4 nitrogen and oxygen atoms in total. The van der Waals surface area contributed by atoms with E-state index in [1.807, 2.05) is 32.0 Å². The fourth-order valence-electron chi connectivity index (χ4n) is 4.43. The van der Waals surface area contributed by atoms with E-state index in [1.165, 1.54) is 5.56 Å². The van der Waals surface area contributed by atoms with Gasteiger partial charge in [-0.2, -0.15) is 0 Å². The Hall–Kier alpha value is -1.65. The highest BCUT2D eigenvalue weighted by Gasteiger charge is 2.33. The molecule has 0 amide bonds. The first-order chi connectivity index (χ1) is 14.5. The summed E-state index contributed by atoms with van der Waals surface area (Å²) in [6, 6.07) is 10.3. The van der Waals surface area contributed by atoms with E-state index in [-0.39, 0.29) is 30.2 Å². The van der Waals surface area contributed by atoms with Crippen LogP contribution in [-0.2, 0) is 16.0 Å². The van der Waals surface area contributed by atoms with Gasteiger partial charge in [-0.05, 0) is 89.0 Å². The van der Waals surface area contributed by atoms with Crippen LogP contribution in [0.4, 0.5) is 0 Å². The molecule has 0 bridgehead atoms. The molecule has 1 aromatic rings. The lowest BCUT2D eigenvalue weighted by atomic mass is 9.86. The van der Waals surface area contributed by atoms with Crippen molar-refractivity contribution in [3.63, 3.8) is 0 Å². The van der Waals surface area contributed by atoms with Crippen molar-refractivity contribution in [1.82, 2.24) is 0 Å². The molecule has 4 atom stereocenters. The monoisotopic (exact) mass is 416 g/mol. The van der Waals surface area contributed by atoms with Crippen LogP contribution in [0.5, 0.6) is 0 Å². The van der Waals surface area contributed by atoms with Crippen molar-refractivity contribution in [3.05, 3.63) is 48.0 Å². The Labute approximate surface area is 182 Å². The summed E-state index contributed by atoms with van der Waals surface area (Å²) in [5.74, 6) is 0.647. The third kappa shape index (κ3) is 9.44. The van der Waals surface area contributed by atoms with Crippen molar-refractivity contribution < 1.29 is 19.7 Å². The van der Waals surface area contributed by atoms with Gasteiger partial charge in [0.15, 0.2) is 0 Å². The quantitative estimate of drug-likeness (QED) is 0.263. The highest BCUT2D eigenvalue weighted by Crippen LogP contribution is 2.38. The number of aryl methyl sites for hydroxylation is 1. The fourth-order valence-corrected chi connectivity index (χ4v) is 4.43. The van der Waals surface area contributed by atoms with E-state index >= 15 is 0 Å². The van der Waals surface area contributed by atoms with Gasteiger partial charge in [-0.1, -0.05) is 42.5 Å². The number of unbranched alkanes of at least 4 members (excludes halogenated alkanes) is 1. The van der Waals surface area contributed by atoms with Crippen molar-refractivity contribution in [2.45, 2.75) is 96.4 Å². The van der Waals surface area contributed by atoms with Crippen molar-refractivity contribution in [2.75, 3.05) is 0 Å². The van der Waals surface area contributed by atoms with Crippen LogP contribution in [0, 0.1) is 11.8 Å². The topological polar surface area (TPSA) is 66.8 Å². The fraction of sp³-hybridized carbons (Fsp3) is 0.654. The van der Waals surface area contributed by atoms with E-state index in [0.29, 0.717) is 12.3 Å². The van der Waals surface area contributed by atoms with Gasteiger partial charge in [0.25, 0.3) is 0 Å². The molecule has 2 rings (SSSR count). The minimum atomic E-state index is -0.306. The van der Waals surface area contributed by atoms with Gasteiger partial charge in [-0.15, -0.1) is 0 Å². The molecule has 1 saturated carbocycles. The van der Waals surface area contributed by atoms with Crippen LogP contribution in [0.3, 0.4) is 0 Å². The SMILES string of the molecule is CC(C)OC(=O)CCC/C=C\C[C@H]1CC[C@@H](O)[C@@H]1CC[C@@H](O)CCc1ccccc1. The number of esters is 1. The van der Waals surface area contributed by atoms with E-state index in [1.54, 1.807) is 0 Å². The smallest absolute Gasteiger partial charge is 0.306 e. The summed E-state index contributed by atoms with van der Waals surface area (Å²) in [7, 11) is 0. The second-order valence-corrected chi connectivity index (χ2v) is 8.96. The van der Waals surface area contributed by atoms with E-state index in [2.05, 4.69) is 24.3 Å². The molecular weight excluding hydrogens is 376 g/mol. The molecule has 30 heavy (non-hydrogen) atoms. The zero-order valence-electron chi connectivity index (χ0n) is 18.7. The van der Waals surface area contributed by atoms with Gasteiger partial charge in [-0.3, -0.25) is 4.79 Å². The summed E-state index contributed by atoms with van der Waals surface area (Å²) < 4.78 is 5.14. The van der Waals surface area contributed by atoms with Crippen LogP contribution in [0.1, 0.15) is 77.2 Å². The van der Waals surface area contributed by atoms with Gasteiger partial charge in [0, 0.05) is 6.42 Å². The molecule has 0 heterocycles. The summed E-state index contributed by atoms with van der Waals surface area (Å²) in [6.45, 7) is 3.74. The molecular formula is C26H40O4. The molecule has 1 aliphatic rings. The lowest BCUT2D eigenvalue weighted by Gasteiger charge is -2.22. The third-order valence-corrected chi connectivity index (χ3v) is 6.10. The van der Waals surface area contributed by atoms with E-state index < -0.39 is 0 Å². The Morgan fingerprint density at radius 3 is 2.67 bits per heavy atom. The number of aliphatic hydroxyl groups excluding tert-OH is 2. The molecule has 1 aliphatic carbocycles. The first kappa shape index (κ1) is 24.6. The molecule has 0 aromatic heterocycles. The van der Waals surface area contributed by atoms with E-state index in [9.17, 15) is 15.0 Å². The van der Waals surface area contributed by atoms with Gasteiger partial charge >= 0.3 is 5.97 Å². The molecule has 1 aromatic carbocycles. The van der Waals surface area contributed by atoms with Crippen LogP contribution in [0.15, 0.2) is 42.5 Å². The standard InChI is InChI=1S/C26H40O4/c1-20(2)30-26(29)13-9-4-3-8-12-22-15-19-25(28)24(22)18-17-23(27)16-14-21-10-6-5-7-11-21/h3,5-8,10-11,20,22-25,27-28H,4,9,12-19H2,1-2H3/b8-3-/t22-,23-,24+,25+/m0/s1. The first-order valence-corrected chi connectivity index (χ1v) is 11.7. The van der Waals surface area contributed by atoms with Crippen LogP contribution in [-0.4, -0.2) is 34.5 Å². The number of ether oxygens (including phenoxy) is 1. The minimum absolute atomic E-state index is 0.0457.